The SMILES string of the molecule is Cc1ccc(Cc2nc(N3CCN(C(=O)C4CCCCC4)CC3)c3c(-c4ccc5ccccc5c4)noc3n2)cc1. The summed E-state index contributed by atoms with van der Waals surface area (Å²) in [4.78, 5) is 27.6. The van der Waals surface area contributed by atoms with Gasteiger partial charge in [0.2, 0.25) is 5.91 Å². The highest BCUT2D eigenvalue weighted by molar-refractivity contribution is 6.00. The molecule has 1 aliphatic heterocycles. The number of fused-ring (bicyclic) bond motifs is 2. The van der Waals surface area contributed by atoms with Crippen LogP contribution in [0.4, 0.5) is 5.82 Å². The van der Waals surface area contributed by atoms with E-state index in [1.165, 1.54) is 30.2 Å². The van der Waals surface area contributed by atoms with Gasteiger partial charge in [-0.05, 0) is 42.2 Å². The van der Waals surface area contributed by atoms with Crippen molar-refractivity contribution in [2.45, 2.75) is 45.4 Å². The van der Waals surface area contributed by atoms with Crippen LogP contribution in [-0.2, 0) is 11.2 Å². The number of anilines is 1. The van der Waals surface area contributed by atoms with Crippen molar-refractivity contribution in [1.29, 1.82) is 0 Å². The third-order valence-electron chi connectivity index (χ3n) is 8.71. The number of benzene rings is 3. The third kappa shape index (κ3) is 5.17. The van der Waals surface area contributed by atoms with E-state index in [-0.39, 0.29) is 5.92 Å². The molecule has 0 radical (unpaired) electrons. The Morgan fingerprint density at radius 2 is 1.63 bits per heavy atom. The van der Waals surface area contributed by atoms with Gasteiger partial charge in [-0.1, -0.05) is 90.6 Å². The number of rotatable bonds is 5. The van der Waals surface area contributed by atoms with E-state index in [1.807, 2.05) is 12.1 Å². The number of piperazine rings is 1. The molecule has 5 aromatic rings. The second-order valence-electron chi connectivity index (χ2n) is 11.5. The van der Waals surface area contributed by atoms with Crippen molar-refractivity contribution in [2.75, 3.05) is 31.1 Å². The summed E-state index contributed by atoms with van der Waals surface area (Å²) in [7, 11) is 0. The van der Waals surface area contributed by atoms with E-state index in [9.17, 15) is 4.79 Å². The molecule has 1 aliphatic carbocycles. The quantitative estimate of drug-likeness (QED) is 0.249. The van der Waals surface area contributed by atoms with Crippen LogP contribution in [0.5, 0.6) is 0 Å². The zero-order valence-electron chi connectivity index (χ0n) is 23.6. The van der Waals surface area contributed by atoms with Gasteiger partial charge in [0.25, 0.3) is 5.71 Å². The lowest BCUT2D eigenvalue weighted by Crippen LogP contribution is -2.51. The fourth-order valence-corrected chi connectivity index (χ4v) is 6.36. The van der Waals surface area contributed by atoms with Crippen molar-refractivity contribution in [3.8, 4) is 11.3 Å². The Balaban J connectivity index is 1.24. The van der Waals surface area contributed by atoms with Crippen LogP contribution in [-0.4, -0.2) is 52.1 Å². The van der Waals surface area contributed by atoms with E-state index in [2.05, 4.69) is 76.5 Å². The number of hydrogen-bond donors (Lipinski definition) is 0. The van der Waals surface area contributed by atoms with Crippen molar-refractivity contribution in [1.82, 2.24) is 20.0 Å². The minimum atomic E-state index is 0.194. The Morgan fingerprint density at radius 1 is 0.878 bits per heavy atom. The molecular formula is C34H35N5O2. The van der Waals surface area contributed by atoms with Gasteiger partial charge in [-0.15, -0.1) is 0 Å². The minimum absolute atomic E-state index is 0.194. The Labute approximate surface area is 240 Å². The van der Waals surface area contributed by atoms with Crippen LogP contribution >= 0.6 is 0 Å². The number of aryl methyl sites for hydroxylation is 1. The minimum Gasteiger partial charge on any atom is -0.352 e. The van der Waals surface area contributed by atoms with Crippen LogP contribution in [0.2, 0.25) is 0 Å². The topological polar surface area (TPSA) is 75.4 Å². The first-order valence-electron chi connectivity index (χ1n) is 14.9. The molecule has 208 valence electrons. The molecule has 0 unspecified atom stereocenters. The van der Waals surface area contributed by atoms with Gasteiger partial charge in [-0.2, -0.15) is 4.98 Å². The van der Waals surface area contributed by atoms with Crippen molar-refractivity contribution < 1.29 is 9.32 Å². The molecule has 0 N–H and O–H groups in total. The van der Waals surface area contributed by atoms with Crippen molar-refractivity contribution in [2.24, 2.45) is 5.92 Å². The fraction of sp³-hybridized carbons (Fsp3) is 0.353. The van der Waals surface area contributed by atoms with Crippen molar-refractivity contribution in [3.05, 3.63) is 83.7 Å². The number of carbonyl (C=O) groups excluding carboxylic acids is 1. The molecule has 2 aromatic heterocycles. The summed E-state index contributed by atoms with van der Waals surface area (Å²) in [6, 6.07) is 23.2. The predicted molar refractivity (Wildman–Crippen MR) is 162 cm³/mol. The van der Waals surface area contributed by atoms with Crippen LogP contribution in [0.15, 0.2) is 71.3 Å². The summed E-state index contributed by atoms with van der Waals surface area (Å²) < 4.78 is 5.89. The zero-order valence-corrected chi connectivity index (χ0v) is 23.6. The molecule has 1 saturated carbocycles. The number of aromatic nitrogens is 3. The smallest absolute Gasteiger partial charge is 0.263 e. The lowest BCUT2D eigenvalue weighted by atomic mass is 9.88. The summed E-state index contributed by atoms with van der Waals surface area (Å²) in [5.74, 6) is 2.07. The predicted octanol–water partition coefficient (Wildman–Crippen LogP) is 6.57. The second kappa shape index (κ2) is 11.0. The molecular weight excluding hydrogens is 510 g/mol. The molecule has 2 fully saturated rings. The molecule has 1 amide bonds. The van der Waals surface area contributed by atoms with Gasteiger partial charge in [0.05, 0.1) is 0 Å². The van der Waals surface area contributed by atoms with Crippen LogP contribution in [0.25, 0.3) is 33.1 Å². The number of carbonyl (C=O) groups is 1. The average Bonchev–Trinajstić information content (AvgIpc) is 3.46. The normalized spacial score (nSPS) is 16.5. The monoisotopic (exact) mass is 545 g/mol. The van der Waals surface area contributed by atoms with E-state index in [0.29, 0.717) is 37.0 Å². The summed E-state index contributed by atoms with van der Waals surface area (Å²) >= 11 is 0. The molecule has 3 heterocycles. The first kappa shape index (κ1) is 25.7. The van der Waals surface area contributed by atoms with Crippen LogP contribution in [0.3, 0.4) is 0 Å². The van der Waals surface area contributed by atoms with Gasteiger partial charge in [0, 0.05) is 44.1 Å². The summed E-state index contributed by atoms with van der Waals surface area (Å²) in [5.41, 5.74) is 4.61. The fourth-order valence-electron chi connectivity index (χ4n) is 6.36. The summed E-state index contributed by atoms with van der Waals surface area (Å²) in [6.07, 6.45) is 6.27. The summed E-state index contributed by atoms with van der Waals surface area (Å²) in [5, 5.41) is 7.68. The molecule has 0 atom stereocenters. The molecule has 0 bridgehead atoms. The number of amides is 1. The van der Waals surface area contributed by atoms with Crippen molar-refractivity contribution >= 4 is 33.6 Å². The lowest BCUT2D eigenvalue weighted by molar-refractivity contribution is -0.136. The standard InChI is InChI=1S/C34H35N5O2/c1-23-11-13-24(14-12-23)21-29-35-32(38-17-19-39(20-18-38)34(40)26-8-3-2-4-9-26)30-31(37-41-33(30)36-29)28-16-15-25-7-5-6-10-27(25)22-28/h5-7,10-16,22,26H,2-4,8-9,17-21H2,1H3. The zero-order chi connectivity index (χ0) is 27.8. The van der Waals surface area contributed by atoms with Gasteiger partial charge in [-0.25, -0.2) is 4.98 Å². The van der Waals surface area contributed by atoms with E-state index in [0.717, 1.165) is 59.3 Å². The highest BCUT2D eigenvalue weighted by Gasteiger charge is 2.30. The van der Waals surface area contributed by atoms with Crippen molar-refractivity contribution in [3.63, 3.8) is 0 Å². The molecule has 0 spiro atoms. The van der Waals surface area contributed by atoms with E-state index in [1.54, 1.807) is 0 Å². The highest BCUT2D eigenvalue weighted by Crippen LogP contribution is 2.36. The Morgan fingerprint density at radius 3 is 2.41 bits per heavy atom. The van der Waals surface area contributed by atoms with Crippen LogP contribution in [0.1, 0.15) is 49.1 Å². The Kier molecular flexibility index (Phi) is 6.87. The molecule has 7 nitrogen and oxygen atoms in total. The van der Waals surface area contributed by atoms with Gasteiger partial charge < -0.3 is 14.3 Å². The number of hydrogen-bond acceptors (Lipinski definition) is 6. The molecule has 3 aromatic carbocycles. The third-order valence-corrected chi connectivity index (χ3v) is 8.71. The molecule has 7 rings (SSSR count). The first-order chi connectivity index (χ1) is 20.1. The Hall–Kier alpha value is -4.26. The molecule has 41 heavy (non-hydrogen) atoms. The number of nitrogens with zero attached hydrogens (tertiary/aromatic N) is 5. The molecule has 7 heteroatoms. The maximum absolute atomic E-state index is 13.3. The van der Waals surface area contributed by atoms with Gasteiger partial charge in [0.15, 0.2) is 0 Å². The highest BCUT2D eigenvalue weighted by atomic mass is 16.5. The van der Waals surface area contributed by atoms with Gasteiger partial charge in [-0.3, -0.25) is 4.79 Å². The molecule has 1 saturated heterocycles. The van der Waals surface area contributed by atoms with E-state index < -0.39 is 0 Å². The van der Waals surface area contributed by atoms with Gasteiger partial charge in [0.1, 0.15) is 22.7 Å². The summed E-state index contributed by atoms with van der Waals surface area (Å²) in [6.45, 7) is 4.93. The van der Waals surface area contributed by atoms with Crippen LogP contribution in [0, 0.1) is 12.8 Å². The maximum Gasteiger partial charge on any atom is 0.263 e. The maximum atomic E-state index is 13.3. The first-order valence-corrected chi connectivity index (χ1v) is 14.9. The van der Waals surface area contributed by atoms with Crippen LogP contribution < -0.4 is 4.90 Å². The second-order valence-corrected chi connectivity index (χ2v) is 11.5. The van der Waals surface area contributed by atoms with Gasteiger partial charge >= 0.3 is 0 Å². The van der Waals surface area contributed by atoms with E-state index in [4.69, 9.17) is 14.5 Å². The average molecular weight is 546 g/mol. The largest absolute Gasteiger partial charge is 0.352 e. The Bertz CT molecular complexity index is 1700. The lowest BCUT2D eigenvalue weighted by Gasteiger charge is -2.37. The molecule has 2 aliphatic rings. The van der Waals surface area contributed by atoms with E-state index >= 15 is 0 Å².